The summed E-state index contributed by atoms with van der Waals surface area (Å²) in [5, 5.41) is 11.4. The molecule has 0 aliphatic rings. The van der Waals surface area contributed by atoms with Gasteiger partial charge >= 0.3 is 5.69 Å². The van der Waals surface area contributed by atoms with Crippen LogP contribution in [0.1, 0.15) is 18.9 Å². The molecular formula is C20H20N3+. The average Bonchev–Trinajstić information content (AvgIpc) is 2.62. The van der Waals surface area contributed by atoms with Crippen LogP contribution in [0, 0.1) is 5.39 Å². The van der Waals surface area contributed by atoms with Gasteiger partial charge in [0.05, 0.1) is 0 Å². The third-order valence-corrected chi connectivity index (χ3v) is 4.06. The van der Waals surface area contributed by atoms with Crippen LogP contribution in [0.25, 0.3) is 15.7 Å². The van der Waals surface area contributed by atoms with E-state index in [1.165, 1.54) is 16.3 Å². The molecule has 23 heavy (non-hydrogen) atoms. The zero-order chi connectivity index (χ0) is 16.1. The second kappa shape index (κ2) is 6.93. The van der Waals surface area contributed by atoms with E-state index in [4.69, 9.17) is 5.39 Å². The van der Waals surface area contributed by atoms with E-state index in [1.807, 2.05) is 24.3 Å². The highest BCUT2D eigenvalue weighted by molar-refractivity contribution is 5.85. The lowest BCUT2D eigenvalue weighted by atomic mass is 10.0. The Morgan fingerprint density at radius 2 is 1.65 bits per heavy atom. The van der Waals surface area contributed by atoms with Crippen LogP contribution in [-0.2, 0) is 6.54 Å². The molecule has 0 saturated heterocycles. The lowest BCUT2D eigenvalue weighted by Crippen LogP contribution is -2.23. The van der Waals surface area contributed by atoms with E-state index in [0.29, 0.717) is 5.69 Å². The maximum Gasteiger partial charge on any atom is 0.385 e. The molecular weight excluding hydrogens is 282 g/mol. The molecule has 114 valence electrons. The van der Waals surface area contributed by atoms with Crippen molar-refractivity contribution in [2.75, 3.05) is 11.4 Å². The minimum absolute atomic E-state index is 0.579. The van der Waals surface area contributed by atoms with Crippen molar-refractivity contribution in [2.45, 2.75) is 19.9 Å². The van der Waals surface area contributed by atoms with E-state index in [1.54, 1.807) is 0 Å². The summed E-state index contributed by atoms with van der Waals surface area (Å²) in [5.41, 5.74) is 3.05. The molecule has 0 N–H and O–H groups in total. The highest BCUT2D eigenvalue weighted by Gasteiger charge is 2.11. The maximum absolute atomic E-state index is 8.84. The van der Waals surface area contributed by atoms with Gasteiger partial charge in [-0.1, -0.05) is 49.4 Å². The molecule has 3 rings (SSSR count). The molecule has 0 atom stereocenters. The van der Waals surface area contributed by atoms with Gasteiger partial charge < -0.3 is 4.90 Å². The predicted octanol–water partition coefficient (Wildman–Crippen LogP) is 5.74. The molecule has 0 aliphatic carbocycles. The number of anilines is 1. The summed E-state index contributed by atoms with van der Waals surface area (Å²) in [7, 11) is 0. The SMILES string of the molecule is CCCN(Cc1cccc2ccccc12)c1ccc([N+]#N)cc1. The standard InChI is InChI=1S/C20H20N3/c1-2-14-23(19-12-10-18(22-21)11-13-19)15-17-8-5-7-16-6-3-4-9-20(16)17/h3-13H,2,14-15H2,1H3/q+1. The zero-order valence-electron chi connectivity index (χ0n) is 13.3. The molecule has 3 heteroatoms. The maximum atomic E-state index is 8.84. The Morgan fingerprint density at radius 3 is 2.39 bits per heavy atom. The van der Waals surface area contributed by atoms with Gasteiger partial charge in [-0.25, -0.2) is 0 Å². The Kier molecular flexibility index (Phi) is 4.54. The molecule has 0 bridgehead atoms. The van der Waals surface area contributed by atoms with Gasteiger partial charge in [-0.05, 0) is 34.9 Å². The molecule has 0 unspecified atom stereocenters. The number of hydrogen-bond donors (Lipinski definition) is 0. The fourth-order valence-electron chi connectivity index (χ4n) is 2.94. The van der Waals surface area contributed by atoms with Gasteiger partial charge in [0.2, 0.25) is 5.39 Å². The Labute approximate surface area is 136 Å². The van der Waals surface area contributed by atoms with E-state index >= 15 is 0 Å². The summed E-state index contributed by atoms with van der Waals surface area (Å²) in [6.45, 7) is 4.04. The summed E-state index contributed by atoms with van der Waals surface area (Å²) >= 11 is 0. The van der Waals surface area contributed by atoms with Gasteiger partial charge in [0.15, 0.2) is 4.98 Å². The molecule has 0 aromatic heterocycles. The zero-order valence-corrected chi connectivity index (χ0v) is 13.3. The first-order valence-electron chi connectivity index (χ1n) is 7.98. The highest BCUT2D eigenvalue weighted by Crippen LogP contribution is 2.25. The van der Waals surface area contributed by atoms with Gasteiger partial charge in [0, 0.05) is 30.9 Å². The molecule has 0 heterocycles. The summed E-state index contributed by atoms with van der Waals surface area (Å²) in [5.74, 6) is 0. The van der Waals surface area contributed by atoms with E-state index in [2.05, 4.69) is 59.3 Å². The number of diazo groups is 1. The number of rotatable bonds is 5. The topological polar surface area (TPSA) is 31.4 Å². The van der Waals surface area contributed by atoms with E-state index in [9.17, 15) is 0 Å². The quantitative estimate of drug-likeness (QED) is 0.563. The van der Waals surface area contributed by atoms with Gasteiger partial charge in [-0.2, -0.15) is 0 Å². The Hall–Kier alpha value is -2.86. The minimum atomic E-state index is 0.579. The third-order valence-electron chi connectivity index (χ3n) is 4.06. The monoisotopic (exact) mass is 302 g/mol. The van der Waals surface area contributed by atoms with Crippen LogP contribution in [0.5, 0.6) is 0 Å². The van der Waals surface area contributed by atoms with E-state index in [0.717, 1.165) is 25.2 Å². The number of hydrogen-bond acceptors (Lipinski definition) is 2. The van der Waals surface area contributed by atoms with Crippen molar-refractivity contribution in [2.24, 2.45) is 0 Å². The summed E-state index contributed by atoms with van der Waals surface area (Å²) in [6, 6.07) is 22.7. The first-order chi connectivity index (χ1) is 11.3. The van der Waals surface area contributed by atoms with Gasteiger partial charge in [-0.15, -0.1) is 0 Å². The molecule has 0 amide bonds. The number of benzene rings is 3. The van der Waals surface area contributed by atoms with Crippen LogP contribution >= 0.6 is 0 Å². The third kappa shape index (κ3) is 3.32. The molecule has 3 nitrogen and oxygen atoms in total. The van der Waals surface area contributed by atoms with Crippen LogP contribution in [0.4, 0.5) is 11.4 Å². The Morgan fingerprint density at radius 1 is 0.913 bits per heavy atom. The highest BCUT2D eigenvalue weighted by atomic mass is 15.1. The normalized spacial score (nSPS) is 10.4. The second-order valence-electron chi connectivity index (χ2n) is 5.68. The molecule has 0 saturated carbocycles. The molecule has 0 spiro atoms. The fraction of sp³-hybridized carbons (Fsp3) is 0.200. The van der Waals surface area contributed by atoms with Crippen molar-refractivity contribution in [1.82, 2.24) is 0 Å². The minimum Gasteiger partial charge on any atom is -0.367 e. The predicted molar refractivity (Wildman–Crippen MR) is 96.5 cm³/mol. The van der Waals surface area contributed by atoms with Crippen LogP contribution in [-0.4, -0.2) is 6.54 Å². The van der Waals surface area contributed by atoms with Crippen molar-refractivity contribution in [3.63, 3.8) is 0 Å². The summed E-state index contributed by atoms with van der Waals surface area (Å²) in [4.78, 5) is 5.59. The van der Waals surface area contributed by atoms with E-state index < -0.39 is 0 Å². The smallest absolute Gasteiger partial charge is 0.367 e. The summed E-state index contributed by atoms with van der Waals surface area (Å²) in [6.07, 6.45) is 1.08. The molecule has 3 aromatic carbocycles. The number of nitrogens with zero attached hydrogens (tertiary/aromatic N) is 3. The molecule has 0 fully saturated rings. The second-order valence-corrected chi connectivity index (χ2v) is 5.68. The van der Waals surface area contributed by atoms with Crippen molar-refractivity contribution in [3.8, 4) is 0 Å². The molecule has 3 aromatic rings. The molecule has 0 aliphatic heterocycles. The average molecular weight is 302 g/mol. The lowest BCUT2D eigenvalue weighted by molar-refractivity contribution is 0.770. The van der Waals surface area contributed by atoms with Gasteiger partial charge in [0.1, 0.15) is 0 Å². The van der Waals surface area contributed by atoms with Crippen molar-refractivity contribution in [1.29, 1.82) is 5.39 Å². The largest absolute Gasteiger partial charge is 0.385 e. The van der Waals surface area contributed by atoms with Gasteiger partial charge in [-0.3, -0.25) is 0 Å². The fourth-order valence-corrected chi connectivity index (χ4v) is 2.94. The van der Waals surface area contributed by atoms with Crippen LogP contribution in [0.15, 0.2) is 66.7 Å². The van der Waals surface area contributed by atoms with Crippen LogP contribution in [0.3, 0.4) is 0 Å². The Bertz CT molecular complexity index is 826. The first kappa shape index (κ1) is 15.1. The number of fused-ring (bicyclic) bond motifs is 1. The van der Waals surface area contributed by atoms with Crippen molar-refractivity contribution < 1.29 is 0 Å². The van der Waals surface area contributed by atoms with Crippen molar-refractivity contribution in [3.05, 3.63) is 77.3 Å². The lowest BCUT2D eigenvalue weighted by Gasteiger charge is -2.25. The Balaban J connectivity index is 1.93. The summed E-state index contributed by atoms with van der Waals surface area (Å²) < 4.78 is 0. The van der Waals surface area contributed by atoms with Crippen LogP contribution in [0.2, 0.25) is 0 Å². The van der Waals surface area contributed by atoms with Crippen molar-refractivity contribution >= 4 is 22.1 Å². The van der Waals surface area contributed by atoms with Gasteiger partial charge in [0.25, 0.3) is 0 Å². The first-order valence-corrected chi connectivity index (χ1v) is 7.98. The van der Waals surface area contributed by atoms with E-state index in [-0.39, 0.29) is 0 Å². The van der Waals surface area contributed by atoms with Crippen LogP contribution < -0.4 is 4.90 Å². The molecule has 0 radical (unpaired) electrons.